The smallest absolute Gasteiger partial charge is 0.172 e. The molecule has 0 saturated heterocycles. The molecule has 0 atom stereocenters. The molecule has 1 fully saturated rings. The maximum atomic E-state index is 3.88. The molecular formula is C46H52Cl2Zr-2. The fourth-order valence-corrected chi connectivity index (χ4v) is 7.83. The van der Waals surface area contributed by atoms with Gasteiger partial charge in [-0.1, -0.05) is 131 Å². The maximum absolute atomic E-state index is 3.88. The third-order valence-electron chi connectivity index (χ3n) is 9.55. The minimum Gasteiger partial charge on any atom is -0.214 e. The molecule has 0 radical (unpaired) electrons. The van der Waals surface area contributed by atoms with Crippen LogP contribution < -0.4 is 24.8 Å². The van der Waals surface area contributed by atoms with E-state index < -0.39 is 0 Å². The molecule has 0 heterocycles. The average Bonchev–Trinajstić information content (AvgIpc) is 3.76. The summed E-state index contributed by atoms with van der Waals surface area (Å²) in [5, 5.41) is 0. The van der Waals surface area contributed by atoms with Gasteiger partial charge >= 0.3 is 72.4 Å². The SMILES string of the molecule is CC(C)(C)c1cc2c([c-]c1-c1ccccc1)Cc1cc(-c3ccccc3)c(C(C)(C)C)cc1-2.[Cl-].[Cl-].[Zr+2]=[CH]CC1CCCCC1.c1cc[cH-]c1. The molecule has 0 aliphatic heterocycles. The zero-order chi connectivity index (χ0) is 33.4. The third kappa shape index (κ3) is 10.8. The maximum Gasteiger partial charge on any atom is -0.172 e. The van der Waals surface area contributed by atoms with Gasteiger partial charge in [-0.25, -0.2) is 12.1 Å². The van der Waals surface area contributed by atoms with Crippen molar-refractivity contribution >= 4 is 3.71 Å². The molecule has 1 saturated carbocycles. The summed E-state index contributed by atoms with van der Waals surface area (Å²) in [6.07, 6.45) is 9.84. The summed E-state index contributed by atoms with van der Waals surface area (Å²) in [7, 11) is 0. The molecule has 0 spiro atoms. The first kappa shape index (κ1) is 41.0. The minimum atomic E-state index is 0. The first-order valence-electron chi connectivity index (χ1n) is 17.6. The Labute approximate surface area is 324 Å². The first-order chi connectivity index (χ1) is 22.6. The van der Waals surface area contributed by atoms with Crippen molar-refractivity contribution in [2.24, 2.45) is 5.92 Å². The predicted octanol–water partition coefficient (Wildman–Crippen LogP) is 6.71. The molecule has 5 aromatic carbocycles. The van der Waals surface area contributed by atoms with E-state index in [1.165, 1.54) is 94.2 Å². The molecule has 0 unspecified atom stereocenters. The Morgan fingerprint density at radius 1 is 0.673 bits per heavy atom. The zero-order valence-corrected chi connectivity index (χ0v) is 34.2. The van der Waals surface area contributed by atoms with Crippen molar-refractivity contribution in [3.05, 3.63) is 138 Å². The van der Waals surface area contributed by atoms with Gasteiger partial charge in [0.05, 0.1) is 0 Å². The minimum absolute atomic E-state index is 0. The Bertz CT molecular complexity index is 1590. The van der Waals surface area contributed by atoms with Crippen molar-refractivity contribution in [3.63, 3.8) is 0 Å². The van der Waals surface area contributed by atoms with E-state index in [1.54, 1.807) is 24.2 Å². The number of hydrogen-bond acceptors (Lipinski definition) is 0. The molecule has 256 valence electrons. The molecule has 0 amide bonds. The molecule has 0 aromatic heterocycles. The summed E-state index contributed by atoms with van der Waals surface area (Å²) < 4.78 is 2.41. The molecule has 7 rings (SSSR count). The van der Waals surface area contributed by atoms with Gasteiger partial charge < -0.3 is 24.8 Å². The summed E-state index contributed by atoms with van der Waals surface area (Å²) >= 11 is 1.61. The second-order valence-corrected chi connectivity index (χ2v) is 16.3. The summed E-state index contributed by atoms with van der Waals surface area (Å²) in [4.78, 5) is 0. The van der Waals surface area contributed by atoms with Gasteiger partial charge in [0, 0.05) is 0 Å². The van der Waals surface area contributed by atoms with E-state index in [-0.39, 0.29) is 35.6 Å². The molecule has 0 N–H and O–H groups in total. The standard InChI is InChI=1S/C33H33.C8H14.C5H5.2ClH.Zr/c1-32(2,3)30-20-26-24(18-28(30)22-13-9-7-10-14-22)17-25-19-29(23-15-11-8-12-16-23)31(21-27(25)26)33(4,5)6;1-2-8-6-4-3-5-7-8;1-2-4-5-3-1;;;/h7-16,18,20-21H,17H2,1-6H3;1,8H,2-7H2;1-5H;2*1H;/q-1;;-1;;;+2/p-2. The molecule has 0 nitrogen and oxygen atoms in total. The van der Waals surface area contributed by atoms with Gasteiger partial charge in [0.1, 0.15) is 0 Å². The summed E-state index contributed by atoms with van der Waals surface area (Å²) in [6, 6.07) is 42.8. The van der Waals surface area contributed by atoms with E-state index in [9.17, 15) is 0 Å². The van der Waals surface area contributed by atoms with E-state index in [4.69, 9.17) is 0 Å². The predicted molar refractivity (Wildman–Crippen MR) is 201 cm³/mol. The second kappa shape index (κ2) is 18.7. The van der Waals surface area contributed by atoms with E-state index in [2.05, 4.69) is 130 Å². The molecule has 3 heteroatoms. The topological polar surface area (TPSA) is 0 Å². The number of halogens is 2. The Morgan fingerprint density at radius 2 is 1.22 bits per heavy atom. The molecule has 2 aliphatic rings. The average molecular weight is 767 g/mol. The Hall–Kier alpha value is -2.44. The van der Waals surface area contributed by atoms with Gasteiger partial charge in [0.25, 0.3) is 0 Å². The monoisotopic (exact) mass is 764 g/mol. The first-order valence-corrected chi connectivity index (χ1v) is 19.0. The van der Waals surface area contributed by atoms with Crippen LogP contribution in [-0.2, 0) is 41.5 Å². The van der Waals surface area contributed by atoms with Gasteiger partial charge in [-0.05, 0) is 39.5 Å². The second-order valence-electron chi connectivity index (χ2n) is 15.3. The molecule has 2 aliphatic carbocycles. The molecule has 5 aromatic rings. The van der Waals surface area contributed by atoms with Gasteiger partial charge in [0.15, 0.2) is 0 Å². The van der Waals surface area contributed by atoms with Crippen molar-refractivity contribution < 1.29 is 49.0 Å². The van der Waals surface area contributed by atoms with Gasteiger partial charge in [0.2, 0.25) is 0 Å². The molecule has 0 bridgehead atoms. The van der Waals surface area contributed by atoms with E-state index in [1.807, 2.05) is 30.3 Å². The van der Waals surface area contributed by atoms with Crippen LogP contribution in [0.4, 0.5) is 0 Å². The molecular weight excluding hydrogens is 715 g/mol. The van der Waals surface area contributed by atoms with Gasteiger partial charge in [-0.15, -0.1) is 28.8 Å². The number of fused-ring (bicyclic) bond motifs is 3. The van der Waals surface area contributed by atoms with Crippen LogP contribution in [-0.4, -0.2) is 3.71 Å². The van der Waals surface area contributed by atoms with E-state index in [0.29, 0.717) is 0 Å². The van der Waals surface area contributed by atoms with Crippen LogP contribution in [0.2, 0.25) is 0 Å². The van der Waals surface area contributed by atoms with Gasteiger partial charge in [-0.3, -0.25) is 0 Å². The van der Waals surface area contributed by atoms with Crippen molar-refractivity contribution in [2.45, 2.75) is 97.3 Å². The molecule has 49 heavy (non-hydrogen) atoms. The fraction of sp³-hybridized carbons (Fsp3) is 0.348. The van der Waals surface area contributed by atoms with Crippen molar-refractivity contribution in [1.29, 1.82) is 0 Å². The van der Waals surface area contributed by atoms with Crippen LogP contribution in [0.25, 0.3) is 33.4 Å². The van der Waals surface area contributed by atoms with Crippen LogP contribution in [0, 0.1) is 12.0 Å². The number of benzene rings is 4. The van der Waals surface area contributed by atoms with Crippen molar-refractivity contribution in [3.8, 4) is 33.4 Å². The summed E-state index contributed by atoms with van der Waals surface area (Å²) in [6.45, 7) is 13.9. The van der Waals surface area contributed by atoms with Crippen LogP contribution >= 0.6 is 0 Å². The third-order valence-corrected chi connectivity index (χ3v) is 10.1. The van der Waals surface area contributed by atoms with Crippen LogP contribution in [0.5, 0.6) is 0 Å². The summed E-state index contributed by atoms with van der Waals surface area (Å²) in [5.74, 6) is 1.07. The Balaban J connectivity index is 0.000000338. The quantitative estimate of drug-likeness (QED) is 0.175. The zero-order valence-electron chi connectivity index (χ0n) is 30.3. The fourth-order valence-electron chi connectivity index (χ4n) is 7.01. The van der Waals surface area contributed by atoms with Crippen molar-refractivity contribution in [2.75, 3.05) is 0 Å². The van der Waals surface area contributed by atoms with Crippen LogP contribution in [0.15, 0.2) is 109 Å². The Kier molecular flexibility index (Phi) is 15.6. The van der Waals surface area contributed by atoms with E-state index in [0.717, 1.165) is 12.3 Å². The largest absolute Gasteiger partial charge is 0.214 e. The number of hydrogen-bond donors (Lipinski definition) is 0. The van der Waals surface area contributed by atoms with E-state index >= 15 is 0 Å². The summed E-state index contributed by atoms with van der Waals surface area (Å²) in [5.41, 5.74) is 13.5. The Morgan fingerprint density at radius 3 is 1.73 bits per heavy atom. The number of rotatable bonds is 4. The van der Waals surface area contributed by atoms with Crippen molar-refractivity contribution in [1.82, 2.24) is 0 Å². The normalized spacial score (nSPS) is 13.6. The van der Waals surface area contributed by atoms with Gasteiger partial charge in [-0.2, -0.15) is 18.2 Å². The van der Waals surface area contributed by atoms with Crippen LogP contribution in [0.3, 0.4) is 0 Å². The van der Waals surface area contributed by atoms with Crippen LogP contribution in [0.1, 0.15) is 102 Å².